The molecule has 0 spiro atoms. The van der Waals surface area contributed by atoms with Gasteiger partial charge in [-0.1, -0.05) is 24.8 Å². The van der Waals surface area contributed by atoms with Gasteiger partial charge in [-0.15, -0.1) is 0 Å². The zero-order valence-electron chi connectivity index (χ0n) is 17.1. The van der Waals surface area contributed by atoms with Crippen molar-refractivity contribution in [2.24, 2.45) is 5.73 Å². The molecular weight excluding hydrogens is 360 g/mol. The van der Waals surface area contributed by atoms with Crippen LogP contribution in [0.4, 0.5) is 5.69 Å². The first-order valence-corrected chi connectivity index (χ1v) is 10.3. The third kappa shape index (κ3) is 6.55. The Hall–Kier alpha value is -2.97. The summed E-state index contributed by atoms with van der Waals surface area (Å²) in [6.45, 7) is 4.38. The summed E-state index contributed by atoms with van der Waals surface area (Å²) < 4.78 is 5.74. The van der Waals surface area contributed by atoms with Crippen molar-refractivity contribution in [2.45, 2.75) is 38.7 Å². The molecule has 0 amide bonds. The van der Waals surface area contributed by atoms with Gasteiger partial charge >= 0.3 is 0 Å². The van der Waals surface area contributed by atoms with Crippen molar-refractivity contribution in [3.63, 3.8) is 0 Å². The fourth-order valence-corrected chi connectivity index (χ4v) is 3.35. The van der Waals surface area contributed by atoms with E-state index in [1.165, 1.54) is 18.4 Å². The van der Waals surface area contributed by atoms with Crippen molar-refractivity contribution < 1.29 is 4.74 Å². The van der Waals surface area contributed by atoms with E-state index >= 15 is 0 Å². The van der Waals surface area contributed by atoms with Gasteiger partial charge in [-0.05, 0) is 55.5 Å². The first kappa shape index (κ1) is 20.8. The molecule has 1 aliphatic heterocycles. The third-order valence-corrected chi connectivity index (χ3v) is 4.95. The van der Waals surface area contributed by atoms with Gasteiger partial charge in [0.15, 0.2) is 0 Å². The number of aryl methyl sites for hydroxylation is 1. The summed E-state index contributed by atoms with van der Waals surface area (Å²) >= 11 is 0. The van der Waals surface area contributed by atoms with E-state index in [2.05, 4.69) is 46.5 Å². The van der Waals surface area contributed by atoms with Gasteiger partial charge in [-0.2, -0.15) is 0 Å². The van der Waals surface area contributed by atoms with Crippen LogP contribution in [-0.4, -0.2) is 30.8 Å². The standard InChI is InChI=1S/C24H30N4O/c1-2-20-15-19(7-5-13-28-21-8-6-12-26-16-21)10-11-23(20)24(25)18-27-17-22-9-3-4-14-29-22/h6,8,10-12,15-16,18,22,27-28H,2-4,9,13-14,17,25H2,1H3/b24-18-. The summed E-state index contributed by atoms with van der Waals surface area (Å²) in [7, 11) is 0. The molecule has 5 heteroatoms. The Morgan fingerprint density at radius 2 is 2.28 bits per heavy atom. The van der Waals surface area contributed by atoms with Crippen molar-refractivity contribution in [3.8, 4) is 11.8 Å². The molecule has 0 radical (unpaired) electrons. The number of rotatable bonds is 7. The van der Waals surface area contributed by atoms with E-state index in [9.17, 15) is 0 Å². The summed E-state index contributed by atoms with van der Waals surface area (Å²) in [5, 5.41) is 6.56. The van der Waals surface area contributed by atoms with E-state index < -0.39 is 0 Å². The van der Waals surface area contributed by atoms with Crippen LogP contribution >= 0.6 is 0 Å². The van der Waals surface area contributed by atoms with Gasteiger partial charge in [0.1, 0.15) is 0 Å². The number of benzene rings is 1. The zero-order chi connectivity index (χ0) is 20.3. The summed E-state index contributed by atoms with van der Waals surface area (Å²) in [5.41, 5.74) is 11.3. The van der Waals surface area contributed by atoms with Crippen LogP contribution in [0.5, 0.6) is 0 Å². The largest absolute Gasteiger partial charge is 0.397 e. The number of anilines is 1. The van der Waals surface area contributed by atoms with Gasteiger partial charge in [-0.25, -0.2) is 0 Å². The topological polar surface area (TPSA) is 72.2 Å². The van der Waals surface area contributed by atoms with E-state index in [0.29, 0.717) is 6.54 Å². The highest BCUT2D eigenvalue weighted by atomic mass is 16.5. The summed E-state index contributed by atoms with van der Waals surface area (Å²) in [5.74, 6) is 6.38. The minimum Gasteiger partial charge on any atom is -0.397 e. The third-order valence-electron chi connectivity index (χ3n) is 4.95. The zero-order valence-corrected chi connectivity index (χ0v) is 17.1. The van der Waals surface area contributed by atoms with E-state index in [-0.39, 0.29) is 6.10 Å². The Labute approximate surface area is 173 Å². The fourth-order valence-electron chi connectivity index (χ4n) is 3.35. The number of hydrogen-bond donors (Lipinski definition) is 3. The molecule has 1 fully saturated rings. The highest BCUT2D eigenvalue weighted by Crippen LogP contribution is 2.18. The predicted molar refractivity (Wildman–Crippen MR) is 119 cm³/mol. The van der Waals surface area contributed by atoms with Crippen molar-refractivity contribution in [1.82, 2.24) is 10.3 Å². The van der Waals surface area contributed by atoms with Crippen LogP contribution in [0.25, 0.3) is 5.70 Å². The maximum absolute atomic E-state index is 6.33. The number of hydrogen-bond acceptors (Lipinski definition) is 5. The SMILES string of the molecule is CCc1cc(C#CCNc2cccnc2)ccc1/C(N)=C/NCC1CCCCO1. The van der Waals surface area contributed by atoms with Gasteiger partial charge in [0.25, 0.3) is 0 Å². The highest BCUT2D eigenvalue weighted by Gasteiger charge is 2.12. The van der Waals surface area contributed by atoms with Crippen LogP contribution in [0.2, 0.25) is 0 Å². The molecule has 1 aromatic carbocycles. The van der Waals surface area contributed by atoms with Crippen LogP contribution in [0.1, 0.15) is 42.9 Å². The fraction of sp³-hybridized carbons (Fsp3) is 0.375. The lowest BCUT2D eigenvalue weighted by atomic mass is 10.00. The molecule has 1 aromatic heterocycles. The molecule has 1 atom stereocenters. The number of nitrogens with two attached hydrogens (primary N) is 1. The second-order valence-electron chi connectivity index (χ2n) is 7.12. The van der Waals surface area contributed by atoms with Gasteiger partial charge < -0.3 is 21.1 Å². The van der Waals surface area contributed by atoms with Gasteiger partial charge in [0.05, 0.1) is 24.0 Å². The molecule has 0 saturated carbocycles. The Morgan fingerprint density at radius 1 is 1.34 bits per heavy atom. The maximum atomic E-state index is 6.33. The second kappa shape index (κ2) is 11.1. The number of nitrogens with one attached hydrogen (secondary N) is 2. The van der Waals surface area contributed by atoms with Gasteiger partial charge in [0, 0.05) is 42.9 Å². The Balaban J connectivity index is 1.57. The van der Waals surface area contributed by atoms with Crippen LogP contribution in [0.3, 0.4) is 0 Å². The first-order chi connectivity index (χ1) is 14.3. The van der Waals surface area contributed by atoms with E-state index in [1.807, 2.05) is 24.4 Å². The van der Waals surface area contributed by atoms with Crippen LogP contribution in [0.15, 0.2) is 48.9 Å². The molecule has 2 aromatic rings. The molecule has 0 bridgehead atoms. The van der Waals surface area contributed by atoms with Crippen molar-refractivity contribution in [3.05, 3.63) is 65.6 Å². The van der Waals surface area contributed by atoms with Crippen LogP contribution < -0.4 is 16.4 Å². The molecule has 1 unspecified atom stereocenters. The lowest BCUT2D eigenvalue weighted by molar-refractivity contribution is 0.0188. The quantitative estimate of drug-likeness (QED) is 0.631. The normalized spacial score (nSPS) is 16.6. The van der Waals surface area contributed by atoms with Crippen molar-refractivity contribution >= 4 is 11.4 Å². The highest BCUT2D eigenvalue weighted by molar-refractivity contribution is 5.66. The molecule has 5 nitrogen and oxygen atoms in total. The number of pyridine rings is 1. The van der Waals surface area contributed by atoms with Crippen molar-refractivity contribution in [2.75, 3.05) is 25.0 Å². The summed E-state index contributed by atoms with van der Waals surface area (Å²) in [6, 6.07) is 10.1. The number of ether oxygens (including phenoxy) is 1. The Kier molecular flexibility index (Phi) is 7.97. The monoisotopic (exact) mass is 390 g/mol. The van der Waals surface area contributed by atoms with Gasteiger partial charge in [-0.3, -0.25) is 4.98 Å². The molecule has 2 heterocycles. The summed E-state index contributed by atoms with van der Waals surface area (Å²) in [6.07, 6.45) is 10.2. The smallest absolute Gasteiger partial charge is 0.0770 e. The molecule has 0 aliphatic carbocycles. The molecule has 3 rings (SSSR count). The lowest BCUT2D eigenvalue weighted by Crippen LogP contribution is -2.29. The molecule has 29 heavy (non-hydrogen) atoms. The molecule has 1 aliphatic rings. The maximum Gasteiger partial charge on any atom is 0.0770 e. The lowest BCUT2D eigenvalue weighted by Gasteiger charge is -2.22. The summed E-state index contributed by atoms with van der Waals surface area (Å²) in [4.78, 5) is 4.08. The van der Waals surface area contributed by atoms with E-state index in [0.717, 1.165) is 48.5 Å². The molecule has 152 valence electrons. The first-order valence-electron chi connectivity index (χ1n) is 10.3. The number of nitrogens with zero attached hydrogens (tertiary/aromatic N) is 1. The van der Waals surface area contributed by atoms with Crippen molar-refractivity contribution in [1.29, 1.82) is 0 Å². The Morgan fingerprint density at radius 3 is 3.03 bits per heavy atom. The second-order valence-corrected chi connectivity index (χ2v) is 7.12. The average molecular weight is 391 g/mol. The minimum atomic E-state index is 0.288. The molecular formula is C24H30N4O. The minimum absolute atomic E-state index is 0.288. The predicted octanol–water partition coefficient (Wildman–Crippen LogP) is 3.52. The van der Waals surface area contributed by atoms with E-state index in [1.54, 1.807) is 12.4 Å². The van der Waals surface area contributed by atoms with Crippen LogP contribution in [-0.2, 0) is 11.2 Å². The van der Waals surface area contributed by atoms with Gasteiger partial charge in [0.2, 0.25) is 0 Å². The van der Waals surface area contributed by atoms with Crippen LogP contribution in [0, 0.1) is 11.8 Å². The molecule has 4 N–H and O–H groups in total. The molecule has 1 saturated heterocycles. The Bertz CT molecular complexity index is 861. The average Bonchev–Trinajstić information content (AvgIpc) is 2.78. The van der Waals surface area contributed by atoms with E-state index in [4.69, 9.17) is 10.5 Å². The number of aromatic nitrogens is 1.